The Morgan fingerprint density at radius 2 is 2.31 bits per heavy atom. The molecule has 0 saturated carbocycles. The molecule has 1 atom stereocenters. The maximum Gasteiger partial charge on any atom is 0.222 e. The van der Waals surface area contributed by atoms with E-state index in [9.17, 15) is 9.59 Å². The summed E-state index contributed by atoms with van der Waals surface area (Å²) in [6.07, 6.45) is 2.64. The van der Waals surface area contributed by atoms with E-state index in [0.717, 1.165) is 12.8 Å². The van der Waals surface area contributed by atoms with Gasteiger partial charge in [-0.05, 0) is 12.8 Å². The number of carbonyl (C=O) groups is 2. The SMILES string of the molecule is CCC1CN(C(=O)CCCOC)CCC1=O. The second-order valence-electron chi connectivity index (χ2n) is 4.26. The smallest absolute Gasteiger partial charge is 0.222 e. The summed E-state index contributed by atoms with van der Waals surface area (Å²) >= 11 is 0. The van der Waals surface area contributed by atoms with Gasteiger partial charge in [-0.2, -0.15) is 0 Å². The van der Waals surface area contributed by atoms with Crippen molar-refractivity contribution >= 4 is 11.7 Å². The summed E-state index contributed by atoms with van der Waals surface area (Å²) in [4.78, 5) is 25.1. The number of piperidine rings is 1. The van der Waals surface area contributed by atoms with E-state index in [2.05, 4.69) is 0 Å². The third-order valence-electron chi connectivity index (χ3n) is 3.11. The molecule has 16 heavy (non-hydrogen) atoms. The Hall–Kier alpha value is -0.900. The number of rotatable bonds is 5. The molecule has 1 heterocycles. The first kappa shape index (κ1) is 13.2. The molecule has 92 valence electrons. The average Bonchev–Trinajstić information content (AvgIpc) is 2.30. The Kier molecular flexibility index (Phi) is 5.46. The monoisotopic (exact) mass is 227 g/mol. The molecule has 0 aromatic rings. The van der Waals surface area contributed by atoms with Crippen molar-refractivity contribution in [2.24, 2.45) is 5.92 Å². The lowest BCUT2D eigenvalue weighted by Gasteiger charge is -2.31. The van der Waals surface area contributed by atoms with Gasteiger partial charge in [-0.25, -0.2) is 0 Å². The highest BCUT2D eigenvalue weighted by atomic mass is 16.5. The van der Waals surface area contributed by atoms with Crippen molar-refractivity contribution in [3.8, 4) is 0 Å². The molecular formula is C12H21NO3. The summed E-state index contributed by atoms with van der Waals surface area (Å²) < 4.78 is 4.91. The van der Waals surface area contributed by atoms with Crippen molar-refractivity contribution in [1.82, 2.24) is 4.90 Å². The van der Waals surface area contributed by atoms with Gasteiger partial charge < -0.3 is 9.64 Å². The number of nitrogens with zero attached hydrogens (tertiary/aromatic N) is 1. The zero-order valence-corrected chi connectivity index (χ0v) is 10.2. The number of ketones is 1. The van der Waals surface area contributed by atoms with E-state index >= 15 is 0 Å². The molecule has 1 fully saturated rings. The van der Waals surface area contributed by atoms with Gasteiger partial charge in [0.15, 0.2) is 0 Å². The minimum Gasteiger partial charge on any atom is -0.385 e. The van der Waals surface area contributed by atoms with Crippen LogP contribution in [0.1, 0.15) is 32.6 Å². The predicted octanol–water partition coefficient (Wildman–Crippen LogP) is 1.24. The predicted molar refractivity (Wildman–Crippen MR) is 61.1 cm³/mol. The molecule has 0 aromatic heterocycles. The lowest BCUT2D eigenvalue weighted by Crippen LogP contribution is -2.43. The lowest BCUT2D eigenvalue weighted by atomic mass is 9.94. The number of methoxy groups -OCH3 is 1. The van der Waals surface area contributed by atoms with Crippen molar-refractivity contribution in [2.45, 2.75) is 32.6 Å². The maximum absolute atomic E-state index is 11.8. The fraction of sp³-hybridized carbons (Fsp3) is 0.833. The average molecular weight is 227 g/mol. The number of hydrogen-bond donors (Lipinski definition) is 0. The Labute approximate surface area is 96.9 Å². The van der Waals surface area contributed by atoms with Gasteiger partial charge in [-0.1, -0.05) is 6.92 Å². The number of carbonyl (C=O) groups excluding carboxylic acids is 2. The van der Waals surface area contributed by atoms with Crippen molar-refractivity contribution in [2.75, 3.05) is 26.8 Å². The summed E-state index contributed by atoms with van der Waals surface area (Å²) in [6, 6.07) is 0. The molecule has 0 radical (unpaired) electrons. The van der Waals surface area contributed by atoms with Gasteiger partial charge in [0.2, 0.25) is 5.91 Å². The second-order valence-corrected chi connectivity index (χ2v) is 4.26. The summed E-state index contributed by atoms with van der Waals surface area (Å²) in [6.45, 7) is 3.83. The summed E-state index contributed by atoms with van der Waals surface area (Å²) in [5.41, 5.74) is 0. The van der Waals surface area contributed by atoms with Crippen LogP contribution in [0.15, 0.2) is 0 Å². The van der Waals surface area contributed by atoms with Crippen molar-refractivity contribution in [3.63, 3.8) is 0 Å². The van der Waals surface area contributed by atoms with Crippen LogP contribution in [0.5, 0.6) is 0 Å². The van der Waals surface area contributed by atoms with Crippen molar-refractivity contribution < 1.29 is 14.3 Å². The van der Waals surface area contributed by atoms with Gasteiger partial charge in [0.1, 0.15) is 5.78 Å². The van der Waals surface area contributed by atoms with Crippen LogP contribution in [-0.4, -0.2) is 43.4 Å². The highest BCUT2D eigenvalue weighted by molar-refractivity contribution is 5.85. The first-order valence-electron chi connectivity index (χ1n) is 5.98. The number of likely N-dealkylation sites (tertiary alicyclic amines) is 1. The molecule has 0 aliphatic carbocycles. The zero-order chi connectivity index (χ0) is 12.0. The normalized spacial score (nSPS) is 21.2. The largest absolute Gasteiger partial charge is 0.385 e. The van der Waals surface area contributed by atoms with Gasteiger partial charge >= 0.3 is 0 Å². The second kappa shape index (κ2) is 6.63. The first-order chi connectivity index (χ1) is 7.69. The van der Waals surface area contributed by atoms with Gasteiger partial charge in [0.05, 0.1) is 0 Å². The number of amides is 1. The van der Waals surface area contributed by atoms with E-state index in [0.29, 0.717) is 38.3 Å². The number of ether oxygens (including phenoxy) is 1. The standard InChI is InChI=1S/C12H21NO3/c1-3-10-9-13(7-6-11(10)14)12(15)5-4-8-16-2/h10H,3-9H2,1-2H3. The summed E-state index contributed by atoms with van der Waals surface area (Å²) in [5.74, 6) is 0.520. The number of Topliss-reactive ketones (excluding diaryl/α,β-unsaturated/α-hetero) is 1. The Balaban J connectivity index is 2.36. The van der Waals surface area contributed by atoms with E-state index in [1.807, 2.05) is 11.8 Å². The van der Waals surface area contributed by atoms with Gasteiger partial charge in [0.25, 0.3) is 0 Å². The molecule has 1 unspecified atom stereocenters. The molecule has 4 nitrogen and oxygen atoms in total. The third-order valence-corrected chi connectivity index (χ3v) is 3.11. The highest BCUT2D eigenvalue weighted by Crippen LogP contribution is 2.17. The summed E-state index contributed by atoms with van der Waals surface area (Å²) in [5, 5.41) is 0. The zero-order valence-electron chi connectivity index (χ0n) is 10.2. The van der Waals surface area contributed by atoms with Crippen LogP contribution in [0.2, 0.25) is 0 Å². The van der Waals surface area contributed by atoms with E-state index in [1.54, 1.807) is 7.11 Å². The lowest BCUT2D eigenvalue weighted by molar-refractivity contribution is -0.137. The maximum atomic E-state index is 11.8. The minimum absolute atomic E-state index is 0.0557. The van der Waals surface area contributed by atoms with Gasteiger partial charge in [-0.3, -0.25) is 9.59 Å². The molecule has 0 N–H and O–H groups in total. The molecule has 4 heteroatoms. The van der Waals surface area contributed by atoms with Crippen LogP contribution < -0.4 is 0 Å². The number of hydrogen-bond acceptors (Lipinski definition) is 3. The fourth-order valence-electron chi connectivity index (χ4n) is 2.02. The molecule has 1 saturated heterocycles. The first-order valence-corrected chi connectivity index (χ1v) is 5.98. The van der Waals surface area contributed by atoms with Crippen LogP contribution in [0, 0.1) is 5.92 Å². The molecule has 1 aliphatic rings. The Morgan fingerprint density at radius 3 is 2.94 bits per heavy atom. The molecule has 0 aromatic carbocycles. The van der Waals surface area contributed by atoms with Gasteiger partial charge in [0, 0.05) is 45.6 Å². The Morgan fingerprint density at radius 1 is 1.56 bits per heavy atom. The molecular weight excluding hydrogens is 206 g/mol. The molecule has 1 aliphatic heterocycles. The fourth-order valence-corrected chi connectivity index (χ4v) is 2.02. The van der Waals surface area contributed by atoms with Crippen LogP contribution >= 0.6 is 0 Å². The Bertz CT molecular complexity index is 253. The van der Waals surface area contributed by atoms with Crippen molar-refractivity contribution in [3.05, 3.63) is 0 Å². The topological polar surface area (TPSA) is 46.6 Å². The van der Waals surface area contributed by atoms with E-state index < -0.39 is 0 Å². The van der Waals surface area contributed by atoms with Crippen LogP contribution in [0.4, 0.5) is 0 Å². The van der Waals surface area contributed by atoms with E-state index in [-0.39, 0.29) is 11.8 Å². The van der Waals surface area contributed by atoms with Crippen molar-refractivity contribution in [1.29, 1.82) is 0 Å². The molecule has 0 spiro atoms. The van der Waals surface area contributed by atoms with Crippen LogP contribution in [0.3, 0.4) is 0 Å². The van der Waals surface area contributed by atoms with Crippen LogP contribution in [0.25, 0.3) is 0 Å². The molecule has 1 amide bonds. The third kappa shape index (κ3) is 3.59. The quantitative estimate of drug-likeness (QED) is 0.664. The van der Waals surface area contributed by atoms with Gasteiger partial charge in [-0.15, -0.1) is 0 Å². The highest BCUT2D eigenvalue weighted by Gasteiger charge is 2.27. The van der Waals surface area contributed by atoms with E-state index in [4.69, 9.17) is 4.74 Å². The minimum atomic E-state index is 0.0557. The molecule has 0 bridgehead atoms. The summed E-state index contributed by atoms with van der Waals surface area (Å²) in [7, 11) is 1.64. The van der Waals surface area contributed by atoms with Crippen LogP contribution in [-0.2, 0) is 14.3 Å². The molecule has 1 rings (SSSR count). The van der Waals surface area contributed by atoms with E-state index in [1.165, 1.54) is 0 Å².